The SMILES string of the molecule is O=[N+]([O-])c1cc(O)cc([N+](=O)[O-])c1F. The van der Waals surface area contributed by atoms with Crippen LogP contribution < -0.4 is 0 Å². The van der Waals surface area contributed by atoms with Crippen molar-refractivity contribution in [2.24, 2.45) is 0 Å². The highest BCUT2D eigenvalue weighted by Crippen LogP contribution is 2.30. The molecule has 0 heterocycles. The van der Waals surface area contributed by atoms with E-state index in [-0.39, 0.29) is 0 Å². The molecule has 0 atom stereocenters. The average molecular weight is 202 g/mol. The van der Waals surface area contributed by atoms with Crippen molar-refractivity contribution in [2.75, 3.05) is 0 Å². The first-order valence-electron chi connectivity index (χ1n) is 3.24. The van der Waals surface area contributed by atoms with Gasteiger partial charge in [-0.2, -0.15) is 4.39 Å². The van der Waals surface area contributed by atoms with E-state index in [1.54, 1.807) is 0 Å². The van der Waals surface area contributed by atoms with E-state index in [9.17, 15) is 24.6 Å². The molecule has 74 valence electrons. The molecule has 0 saturated heterocycles. The van der Waals surface area contributed by atoms with Crippen LogP contribution in [0.3, 0.4) is 0 Å². The summed E-state index contributed by atoms with van der Waals surface area (Å²) in [6.07, 6.45) is 0. The summed E-state index contributed by atoms with van der Waals surface area (Å²) in [5, 5.41) is 29.2. The smallest absolute Gasteiger partial charge is 0.315 e. The fraction of sp³-hybridized carbons (Fsp3) is 0. The molecule has 1 aromatic carbocycles. The summed E-state index contributed by atoms with van der Waals surface area (Å²) in [4.78, 5) is 18.1. The van der Waals surface area contributed by atoms with E-state index < -0.39 is 32.8 Å². The van der Waals surface area contributed by atoms with E-state index in [1.165, 1.54) is 0 Å². The van der Waals surface area contributed by atoms with Crippen LogP contribution in [0.5, 0.6) is 5.75 Å². The molecule has 0 spiro atoms. The summed E-state index contributed by atoms with van der Waals surface area (Å²) in [6, 6.07) is 1.00. The van der Waals surface area contributed by atoms with Gasteiger partial charge in [-0.05, 0) is 0 Å². The van der Waals surface area contributed by atoms with Gasteiger partial charge in [-0.15, -0.1) is 0 Å². The van der Waals surface area contributed by atoms with E-state index in [4.69, 9.17) is 5.11 Å². The fourth-order valence-corrected chi connectivity index (χ4v) is 0.845. The van der Waals surface area contributed by atoms with Crippen LogP contribution in [-0.2, 0) is 0 Å². The van der Waals surface area contributed by atoms with Gasteiger partial charge in [-0.1, -0.05) is 0 Å². The number of aromatic hydroxyl groups is 1. The molecule has 1 N–H and O–H groups in total. The van der Waals surface area contributed by atoms with Crippen molar-refractivity contribution in [1.82, 2.24) is 0 Å². The standard InChI is InChI=1S/C6H3FN2O5/c7-6-4(8(11)12)1-3(10)2-5(6)9(13)14/h1-2,10H. The summed E-state index contributed by atoms with van der Waals surface area (Å²) in [5.74, 6) is -2.30. The van der Waals surface area contributed by atoms with Crippen molar-refractivity contribution in [3.05, 3.63) is 38.2 Å². The van der Waals surface area contributed by atoms with E-state index >= 15 is 0 Å². The molecule has 0 saturated carbocycles. The summed E-state index contributed by atoms with van der Waals surface area (Å²) in [5.41, 5.74) is -2.26. The van der Waals surface area contributed by atoms with Crippen molar-refractivity contribution in [2.45, 2.75) is 0 Å². The summed E-state index contributed by atoms with van der Waals surface area (Å²) >= 11 is 0. The van der Waals surface area contributed by atoms with Crippen LogP contribution >= 0.6 is 0 Å². The minimum absolute atomic E-state index is 0.502. The average Bonchev–Trinajstić information content (AvgIpc) is 2.07. The lowest BCUT2D eigenvalue weighted by molar-refractivity contribution is -0.399. The quantitative estimate of drug-likeness (QED) is 0.575. The molecule has 0 unspecified atom stereocenters. The molecule has 0 radical (unpaired) electrons. The second kappa shape index (κ2) is 3.24. The first kappa shape index (κ1) is 9.84. The number of nitro groups is 2. The number of phenolic OH excluding ortho intramolecular Hbond substituents is 1. The van der Waals surface area contributed by atoms with Crippen LogP contribution in [0.15, 0.2) is 12.1 Å². The molecule has 0 amide bonds. The Morgan fingerprint density at radius 2 is 1.50 bits per heavy atom. The molecule has 0 aromatic heterocycles. The molecule has 0 aliphatic rings. The number of nitro benzene ring substituents is 2. The van der Waals surface area contributed by atoms with Crippen molar-refractivity contribution in [1.29, 1.82) is 0 Å². The Morgan fingerprint density at radius 3 is 1.79 bits per heavy atom. The maximum Gasteiger partial charge on any atom is 0.315 e. The molecular formula is C6H3FN2O5. The van der Waals surface area contributed by atoms with Gasteiger partial charge in [0, 0.05) is 0 Å². The van der Waals surface area contributed by atoms with Crippen LogP contribution in [0, 0.1) is 26.0 Å². The number of hydrogen-bond donors (Lipinski definition) is 1. The van der Waals surface area contributed by atoms with Crippen molar-refractivity contribution in [3.63, 3.8) is 0 Å². The lowest BCUT2D eigenvalue weighted by Gasteiger charge is -1.96. The largest absolute Gasteiger partial charge is 0.507 e. The van der Waals surface area contributed by atoms with Gasteiger partial charge in [-0.3, -0.25) is 20.2 Å². The zero-order valence-electron chi connectivity index (χ0n) is 6.51. The maximum absolute atomic E-state index is 13.0. The minimum Gasteiger partial charge on any atom is -0.507 e. The summed E-state index contributed by atoms with van der Waals surface area (Å²) < 4.78 is 13.0. The molecular weight excluding hydrogens is 199 g/mol. The number of hydrogen-bond acceptors (Lipinski definition) is 5. The van der Waals surface area contributed by atoms with Crippen LogP contribution in [0.1, 0.15) is 0 Å². The van der Waals surface area contributed by atoms with Crippen LogP contribution in [0.4, 0.5) is 15.8 Å². The third-order valence-corrected chi connectivity index (χ3v) is 1.41. The molecule has 1 aromatic rings. The Bertz CT molecular complexity index is 384. The zero-order chi connectivity index (χ0) is 10.9. The summed E-state index contributed by atoms with van der Waals surface area (Å²) in [6.45, 7) is 0. The molecule has 7 nitrogen and oxygen atoms in total. The zero-order valence-corrected chi connectivity index (χ0v) is 6.51. The maximum atomic E-state index is 13.0. The van der Waals surface area contributed by atoms with Crippen LogP contribution in [0.25, 0.3) is 0 Å². The Hall–Kier alpha value is -2.25. The second-order valence-electron chi connectivity index (χ2n) is 2.31. The van der Waals surface area contributed by atoms with E-state index in [2.05, 4.69) is 0 Å². The van der Waals surface area contributed by atoms with E-state index in [0.717, 1.165) is 0 Å². The third kappa shape index (κ3) is 1.58. The third-order valence-electron chi connectivity index (χ3n) is 1.41. The molecule has 0 aliphatic heterocycles. The highest BCUT2D eigenvalue weighted by atomic mass is 19.1. The number of benzene rings is 1. The monoisotopic (exact) mass is 202 g/mol. The van der Waals surface area contributed by atoms with Crippen molar-refractivity contribution < 1.29 is 19.3 Å². The van der Waals surface area contributed by atoms with Crippen molar-refractivity contribution in [3.8, 4) is 5.75 Å². The van der Waals surface area contributed by atoms with Gasteiger partial charge < -0.3 is 5.11 Å². The lowest BCUT2D eigenvalue weighted by Crippen LogP contribution is -1.98. The number of phenols is 1. The molecule has 0 aliphatic carbocycles. The van der Waals surface area contributed by atoms with E-state index in [0.29, 0.717) is 12.1 Å². The molecule has 1 rings (SSSR count). The predicted octanol–water partition coefficient (Wildman–Crippen LogP) is 1.35. The van der Waals surface area contributed by atoms with Gasteiger partial charge in [0.1, 0.15) is 5.75 Å². The van der Waals surface area contributed by atoms with E-state index in [1.807, 2.05) is 0 Å². The van der Waals surface area contributed by atoms with Gasteiger partial charge in [-0.25, -0.2) is 0 Å². The first-order valence-corrected chi connectivity index (χ1v) is 3.24. The van der Waals surface area contributed by atoms with Crippen LogP contribution in [-0.4, -0.2) is 15.0 Å². The van der Waals surface area contributed by atoms with Crippen LogP contribution in [0.2, 0.25) is 0 Å². The van der Waals surface area contributed by atoms with Gasteiger partial charge >= 0.3 is 11.4 Å². The molecule has 8 heteroatoms. The Labute approximate surface area is 75.7 Å². The normalized spacial score (nSPS) is 9.79. The highest BCUT2D eigenvalue weighted by Gasteiger charge is 2.26. The van der Waals surface area contributed by atoms with Gasteiger partial charge in [0.25, 0.3) is 5.82 Å². The molecule has 14 heavy (non-hydrogen) atoms. The number of halogens is 1. The fourth-order valence-electron chi connectivity index (χ4n) is 0.845. The topological polar surface area (TPSA) is 107 Å². The molecule has 0 bridgehead atoms. The van der Waals surface area contributed by atoms with Gasteiger partial charge in [0.15, 0.2) is 0 Å². The van der Waals surface area contributed by atoms with Gasteiger partial charge in [0.2, 0.25) is 0 Å². The Kier molecular flexibility index (Phi) is 2.28. The number of nitrogens with zero attached hydrogens (tertiary/aromatic N) is 2. The lowest BCUT2D eigenvalue weighted by atomic mass is 10.2. The van der Waals surface area contributed by atoms with Gasteiger partial charge in [0.05, 0.1) is 22.0 Å². The predicted molar refractivity (Wildman–Crippen MR) is 41.4 cm³/mol. The molecule has 0 fully saturated rings. The number of rotatable bonds is 2. The Morgan fingerprint density at radius 1 is 1.14 bits per heavy atom. The van der Waals surface area contributed by atoms with Crippen molar-refractivity contribution >= 4 is 11.4 Å². The minimum atomic E-state index is -1.57. The summed E-state index contributed by atoms with van der Waals surface area (Å²) in [7, 11) is 0. The highest BCUT2D eigenvalue weighted by molar-refractivity contribution is 5.50. The second-order valence-corrected chi connectivity index (χ2v) is 2.31. The first-order chi connectivity index (χ1) is 6.43. The Balaban J connectivity index is 3.47.